The predicted octanol–water partition coefficient (Wildman–Crippen LogP) is 2.89. The highest BCUT2D eigenvalue weighted by Gasteiger charge is 2.15. The summed E-state index contributed by atoms with van der Waals surface area (Å²) in [6, 6.07) is 6.99. The summed E-state index contributed by atoms with van der Waals surface area (Å²) in [4.78, 5) is 15.1. The number of carbonyl (C=O) groups is 1. The molecule has 0 radical (unpaired) electrons. The molecule has 4 heteroatoms. The van der Waals surface area contributed by atoms with Crippen LogP contribution in [-0.4, -0.2) is 34.8 Å². The number of benzene rings is 1. The normalized spacial score (nSPS) is 16.3. The minimum Gasteiger partial charge on any atom is -0.508 e. The lowest BCUT2D eigenvalue weighted by Gasteiger charge is -2.19. The minimum absolute atomic E-state index is 0.231. The summed E-state index contributed by atoms with van der Waals surface area (Å²) in [7, 11) is 0. The van der Waals surface area contributed by atoms with Gasteiger partial charge in [0.1, 0.15) is 5.75 Å². The van der Waals surface area contributed by atoms with Gasteiger partial charge in [0.05, 0.1) is 5.75 Å². The van der Waals surface area contributed by atoms with Gasteiger partial charge in [-0.1, -0.05) is 12.8 Å². The largest absolute Gasteiger partial charge is 0.508 e. The van der Waals surface area contributed by atoms with Crippen molar-refractivity contribution in [3.05, 3.63) is 24.3 Å². The maximum atomic E-state index is 12.0. The van der Waals surface area contributed by atoms with E-state index in [9.17, 15) is 9.90 Å². The van der Waals surface area contributed by atoms with Crippen LogP contribution in [0.3, 0.4) is 0 Å². The highest BCUT2D eigenvalue weighted by Crippen LogP contribution is 2.21. The Hall–Kier alpha value is -1.16. The molecule has 1 saturated heterocycles. The lowest BCUT2D eigenvalue weighted by Crippen LogP contribution is -2.33. The molecule has 0 aliphatic carbocycles. The van der Waals surface area contributed by atoms with Gasteiger partial charge in [-0.15, -0.1) is 11.8 Å². The summed E-state index contributed by atoms with van der Waals surface area (Å²) in [6.07, 6.45) is 4.76. The number of amides is 1. The molecule has 1 aromatic rings. The molecule has 1 aromatic carbocycles. The number of likely N-dealkylation sites (tertiary alicyclic amines) is 1. The average molecular weight is 265 g/mol. The van der Waals surface area contributed by atoms with Gasteiger partial charge in [0.15, 0.2) is 0 Å². The third kappa shape index (κ3) is 3.95. The van der Waals surface area contributed by atoms with Gasteiger partial charge in [-0.2, -0.15) is 0 Å². The average Bonchev–Trinajstić information content (AvgIpc) is 2.66. The maximum Gasteiger partial charge on any atom is 0.232 e. The van der Waals surface area contributed by atoms with Gasteiger partial charge in [-0.3, -0.25) is 4.79 Å². The molecule has 2 rings (SSSR count). The van der Waals surface area contributed by atoms with Gasteiger partial charge in [0.25, 0.3) is 0 Å². The van der Waals surface area contributed by atoms with Crippen molar-refractivity contribution in [2.45, 2.75) is 30.6 Å². The molecule has 0 atom stereocenters. The number of nitrogens with zero attached hydrogens (tertiary/aromatic N) is 1. The van der Waals surface area contributed by atoms with E-state index < -0.39 is 0 Å². The molecule has 0 spiro atoms. The smallest absolute Gasteiger partial charge is 0.232 e. The zero-order valence-electron chi connectivity index (χ0n) is 10.5. The van der Waals surface area contributed by atoms with Gasteiger partial charge >= 0.3 is 0 Å². The fraction of sp³-hybridized carbons (Fsp3) is 0.500. The predicted molar refractivity (Wildman–Crippen MR) is 73.9 cm³/mol. The Bertz CT molecular complexity index is 383. The molecule has 1 fully saturated rings. The van der Waals surface area contributed by atoms with Crippen LogP contribution in [0.25, 0.3) is 0 Å². The van der Waals surface area contributed by atoms with Crippen LogP contribution in [-0.2, 0) is 4.79 Å². The fourth-order valence-electron chi connectivity index (χ4n) is 2.10. The fourth-order valence-corrected chi connectivity index (χ4v) is 2.90. The number of hydrogen-bond acceptors (Lipinski definition) is 3. The first-order valence-corrected chi connectivity index (χ1v) is 7.44. The summed E-state index contributed by atoms with van der Waals surface area (Å²) >= 11 is 1.54. The van der Waals surface area contributed by atoms with Crippen molar-refractivity contribution in [2.75, 3.05) is 18.8 Å². The van der Waals surface area contributed by atoms with Crippen LogP contribution in [0.15, 0.2) is 29.2 Å². The van der Waals surface area contributed by atoms with E-state index in [2.05, 4.69) is 0 Å². The van der Waals surface area contributed by atoms with Gasteiger partial charge in [0, 0.05) is 18.0 Å². The second-order valence-electron chi connectivity index (χ2n) is 4.58. The summed E-state index contributed by atoms with van der Waals surface area (Å²) in [6.45, 7) is 1.82. The second kappa shape index (κ2) is 6.69. The molecule has 1 aliphatic heterocycles. The Morgan fingerprint density at radius 3 is 2.33 bits per heavy atom. The number of hydrogen-bond donors (Lipinski definition) is 1. The quantitative estimate of drug-likeness (QED) is 0.854. The highest BCUT2D eigenvalue weighted by molar-refractivity contribution is 8.00. The van der Waals surface area contributed by atoms with Crippen molar-refractivity contribution in [3.63, 3.8) is 0 Å². The first kappa shape index (κ1) is 13.3. The zero-order valence-corrected chi connectivity index (χ0v) is 11.3. The van der Waals surface area contributed by atoms with Crippen LogP contribution in [0.5, 0.6) is 5.75 Å². The third-order valence-corrected chi connectivity index (χ3v) is 4.15. The monoisotopic (exact) mass is 265 g/mol. The summed E-state index contributed by atoms with van der Waals surface area (Å²) in [5.74, 6) is 0.985. The van der Waals surface area contributed by atoms with E-state index >= 15 is 0 Å². The molecule has 98 valence electrons. The van der Waals surface area contributed by atoms with Gasteiger partial charge in [-0.25, -0.2) is 0 Å². The molecular formula is C14H19NO2S. The van der Waals surface area contributed by atoms with Crippen molar-refractivity contribution < 1.29 is 9.90 Å². The van der Waals surface area contributed by atoms with E-state index in [0.717, 1.165) is 30.8 Å². The molecule has 0 unspecified atom stereocenters. The van der Waals surface area contributed by atoms with E-state index in [1.807, 2.05) is 17.0 Å². The number of phenolic OH excluding ortho intramolecular Hbond substituents is 1. The number of aromatic hydroxyl groups is 1. The van der Waals surface area contributed by atoms with E-state index in [0.29, 0.717) is 5.75 Å². The van der Waals surface area contributed by atoms with Gasteiger partial charge in [0.2, 0.25) is 5.91 Å². The summed E-state index contributed by atoms with van der Waals surface area (Å²) < 4.78 is 0. The van der Waals surface area contributed by atoms with Crippen LogP contribution in [0, 0.1) is 0 Å². The molecule has 1 amide bonds. The van der Waals surface area contributed by atoms with Crippen molar-refractivity contribution in [2.24, 2.45) is 0 Å². The molecule has 1 N–H and O–H groups in total. The van der Waals surface area contributed by atoms with Crippen molar-refractivity contribution in [3.8, 4) is 5.75 Å². The van der Waals surface area contributed by atoms with E-state index in [-0.39, 0.29) is 11.7 Å². The molecular weight excluding hydrogens is 246 g/mol. The van der Waals surface area contributed by atoms with Crippen molar-refractivity contribution >= 4 is 17.7 Å². The Kier molecular flexibility index (Phi) is 4.93. The second-order valence-corrected chi connectivity index (χ2v) is 5.63. The lowest BCUT2D eigenvalue weighted by molar-refractivity contribution is -0.128. The van der Waals surface area contributed by atoms with Crippen LogP contribution >= 0.6 is 11.8 Å². The Morgan fingerprint density at radius 2 is 1.72 bits per heavy atom. The molecule has 18 heavy (non-hydrogen) atoms. The number of thioether (sulfide) groups is 1. The molecule has 0 aromatic heterocycles. The zero-order chi connectivity index (χ0) is 12.8. The van der Waals surface area contributed by atoms with Crippen LogP contribution in [0.2, 0.25) is 0 Å². The first-order valence-electron chi connectivity index (χ1n) is 6.45. The van der Waals surface area contributed by atoms with Crippen LogP contribution in [0.4, 0.5) is 0 Å². The standard InChI is InChI=1S/C14H19NO2S/c16-12-5-7-13(8-6-12)18-11-14(17)15-9-3-1-2-4-10-15/h5-8,16H,1-4,9-11H2. The number of phenols is 1. The lowest BCUT2D eigenvalue weighted by atomic mass is 10.2. The topological polar surface area (TPSA) is 40.5 Å². The van der Waals surface area contributed by atoms with Crippen molar-refractivity contribution in [1.82, 2.24) is 4.90 Å². The molecule has 1 heterocycles. The first-order chi connectivity index (χ1) is 8.75. The van der Waals surface area contributed by atoms with Crippen LogP contribution in [0.1, 0.15) is 25.7 Å². The van der Waals surface area contributed by atoms with Crippen molar-refractivity contribution in [1.29, 1.82) is 0 Å². The van der Waals surface area contributed by atoms with E-state index in [1.165, 1.54) is 24.6 Å². The third-order valence-electron chi connectivity index (χ3n) is 3.16. The van der Waals surface area contributed by atoms with Gasteiger partial charge in [-0.05, 0) is 37.1 Å². The molecule has 3 nitrogen and oxygen atoms in total. The minimum atomic E-state index is 0.231. The summed E-state index contributed by atoms with van der Waals surface area (Å²) in [5.41, 5.74) is 0. The maximum absolute atomic E-state index is 12.0. The molecule has 0 saturated carbocycles. The van der Waals surface area contributed by atoms with E-state index in [1.54, 1.807) is 12.1 Å². The number of rotatable bonds is 3. The number of carbonyl (C=O) groups excluding carboxylic acids is 1. The molecule has 0 bridgehead atoms. The van der Waals surface area contributed by atoms with Gasteiger partial charge < -0.3 is 10.0 Å². The Balaban J connectivity index is 1.81. The highest BCUT2D eigenvalue weighted by atomic mass is 32.2. The van der Waals surface area contributed by atoms with E-state index in [4.69, 9.17) is 0 Å². The van der Waals surface area contributed by atoms with Crippen LogP contribution < -0.4 is 0 Å². The molecule has 1 aliphatic rings. The summed E-state index contributed by atoms with van der Waals surface area (Å²) in [5, 5.41) is 9.18. The Labute approximate surface area is 112 Å². The Morgan fingerprint density at radius 1 is 1.11 bits per heavy atom. The SMILES string of the molecule is O=C(CSc1ccc(O)cc1)N1CCCCCC1.